The Bertz CT molecular complexity index is 526. The molecule has 1 rings (SSSR count). The van der Waals surface area contributed by atoms with Crippen LogP contribution in [0.5, 0.6) is 0 Å². The first-order chi connectivity index (χ1) is 6.73. The number of rotatable bonds is 2. The summed E-state index contributed by atoms with van der Waals surface area (Å²) in [7, 11) is -5.00. The number of carbonyl (C=O) groups is 1. The molecular weight excluding hydrogens is 270 g/mol. The van der Waals surface area contributed by atoms with Crippen molar-refractivity contribution < 1.29 is 22.2 Å². The van der Waals surface area contributed by atoms with Gasteiger partial charge in [0.1, 0.15) is 4.90 Å². The van der Waals surface area contributed by atoms with E-state index < -0.39 is 26.7 Å². The van der Waals surface area contributed by atoms with E-state index in [2.05, 4.69) is 0 Å². The van der Waals surface area contributed by atoms with E-state index in [-0.39, 0.29) is 10.0 Å². The van der Waals surface area contributed by atoms with E-state index in [0.717, 1.165) is 6.07 Å². The molecule has 0 spiro atoms. The van der Waals surface area contributed by atoms with Gasteiger partial charge in [-0.25, -0.2) is 4.79 Å². The monoisotopic (exact) mass is 272 g/mol. The maximum absolute atomic E-state index is 12.6. The van der Waals surface area contributed by atoms with Crippen LogP contribution >= 0.6 is 23.2 Å². The van der Waals surface area contributed by atoms with Crippen LogP contribution in [0.1, 0.15) is 10.4 Å². The largest absolute Gasteiger partial charge is 0.478 e. The van der Waals surface area contributed by atoms with Crippen LogP contribution < -0.4 is 0 Å². The fourth-order valence-electron chi connectivity index (χ4n) is 0.861. The maximum Gasteiger partial charge on any atom is 0.337 e. The predicted molar refractivity (Wildman–Crippen MR) is 51.7 cm³/mol. The van der Waals surface area contributed by atoms with Gasteiger partial charge in [-0.15, -0.1) is 3.89 Å². The van der Waals surface area contributed by atoms with E-state index in [1.54, 1.807) is 0 Å². The molecule has 82 valence electrons. The van der Waals surface area contributed by atoms with Crippen LogP contribution in [0.2, 0.25) is 10.0 Å². The molecule has 0 aliphatic carbocycles. The zero-order valence-electron chi connectivity index (χ0n) is 6.87. The Morgan fingerprint density at radius 1 is 1.33 bits per heavy atom. The van der Waals surface area contributed by atoms with Gasteiger partial charge >= 0.3 is 16.2 Å². The lowest BCUT2D eigenvalue weighted by Gasteiger charge is -2.03. The van der Waals surface area contributed by atoms with E-state index in [9.17, 15) is 17.1 Å². The third-order valence-corrected chi connectivity index (χ3v) is 3.11. The van der Waals surface area contributed by atoms with Crippen molar-refractivity contribution in [2.24, 2.45) is 0 Å². The minimum absolute atomic E-state index is 0.337. The Hall–Kier alpha value is -0.850. The second-order valence-electron chi connectivity index (χ2n) is 2.51. The average Bonchev–Trinajstić information content (AvgIpc) is 2.06. The van der Waals surface area contributed by atoms with Crippen LogP contribution in [-0.2, 0) is 10.2 Å². The van der Waals surface area contributed by atoms with E-state index in [0.29, 0.717) is 6.07 Å². The van der Waals surface area contributed by atoms with Crippen molar-refractivity contribution in [2.75, 3.05) is 0 Å². The summed E-state index contributed by atoms with van der Waals surface area (Å²) >= 11 is 10.9. The Kier molecular flexibility index (Phi) is 3.22. The fraction of sp³-hybridized carbons (Fsp3) is 0. The summed E-state index contributed by atoms with van der Waals surface area (Å²) in [5.74, 6) is -1.49. The number of hydrogen-bond acceptors (Lipinski definition) is 3. The van der Waals surface area contributed by atoms with Gasteiger partial charge in [0, 0.05) is 0 Å². The fourth-order valence-corrected chi connectivity index (χ4v) is 1.85. The summed E-state index contributed by atoms with van der Waals surface area (Å²) in [5, 5.41) is 7.94. The van der Waals surface area contributed by atoms with Crippen molar-refractivity contribution in [2.45, 2.75) is 4.90 Å². The third-order valence-electron chi connectivity index (χ3n) is 1.51. The first-order valence-electron chi connectivity index (χ1n) is 3.40. The van der Waals surface area contributed by atoms with E-state index in [4.69, 9.17) is 28.3 Å². The Balaban J connectivity index is 3.57. The number of hydrogen-bond donors (Lipinski definition) is 1. The van der Waals surface area contributed by atoms with E-state index in [1.165, 1.54) is 0 Å². The predicted octanol–water partition coefficient (Wildman–Crippen LogP) is 2.35. The SMILES string of the molecule is O=C(O)c1cc(S(=O)(=O)F)cc(Cl)c1Cl. The molecule has 0 amide bonds. The Labute approximate surface area is 94.4 Å². The standard InChI is InChI=1S/C7H3Cl2FO4S/c8-5-2-3(15(10,13)14)1-4(6(5)9)7(11)12/h1-2H,(H,11,12). The van der Waals surface area contributed by atoms with Crippen LogP contribution in [-0.4, -0.2) is 19.5 Å². The molecule has 0 aromatic heterocycles. The minimum atomic E-state index is -5.00. The van der Waals surface area contributed by atoms with E-state index >= 15 is 0 Å². The minimum Gasteiger partial charge on any atom is -0.478 e. The maximum atomic E-state index is 12.6. The highest BCUT2D eigenvalue weighted by atomic mass is 35.5. The van der Waals surface area contributed by atoms with Gasteiger partial charge in [0.2, 0.25) is 0 Å². The second kappa shape index (κ2) is 3.96. The van der Waals surface area contributed by atoms with Crippen LogP contribution in [0.15, 0.2) is 17.0 Å². The van der Waals surface area contributed by atoms with Crippen LogP contribution in [0.25, 0.3) is 0 Å². The summed E-state index contributed by atoms with van der Waals surface area (Å²) < 4.78 is 33.6. The molecule has 1 aromatic rings. The molecule has 1 aromatic carbocycles. The molecule has 0 fully saturated rings. The van der Waals surface area contributed by atoms with Crippen LogP contribution in [0.4, 0.5) is 3.89 Å². The van der Waals surface area contributed by atoms with Crippen molar-refractivity contribution in [1.82, 2.24) is 0 Å². The molecule has 0 heterocycles. The summed E-state index contributed by atoms with van der Waals surface area (Å²) in [6, 6.07) is 1.34. The molecule has 0 unspecified atom stereocenters. The molecule has 8 heteroatoms. The van der Waals surface area contributed by atoms with Gasteiger partial charge in [-0.2, -0.15) is 8.42 Å². The first kappa shape index (κ1) is 12.2. The highest BCUT2D eigenvalue weighted by Crippen LogP contribution is 2.30. The highest BCUT2D eigenvalue weighted by molar-refractivity contribution is 7.86. The van der Waals surface area contributed by atoms with Gasteiger partial charge in [-0.05, 0) is 12.1 Å². The van der Waals surface area contributed by atoms with Gasteiger partial charge in [-0.3, -0.25) is 0 Å². The normalized spacial score (nSPS) is 11.4. The highest BCUT2D eigenvalue weighted by Gasteiger charge is 2.20. The summed E-state index contributed by atoms with van der Waals surface area (Å²) in [4.78, 5) is 9.75. The number of aromatic carboxylic acids is 1. The second-order valence-corrected chi connectivity index (χ2v) is 4.64. The van der Waals surface area contributed by atoms with Gasteiger partial charge in [-0.1, -0.05) is 23.2 Å². The van der Waals surface area contributed by atoms with Crippen molar-refractivity contribution in [3.05, 3.63) is 27.7 Å². The van der Waals surface area contributed by atoms with Crippen molar-refractivity contribution >= 4 is 39.4 Å². The molecule has 0 aliphatic heterocycles. The zero-order valence-corrected chi connectivity index (χ0v) is 9.20. The van der Waals surface area contributed by atoms with Crippen LogP contribution in [0.3, 0.4) is 0 Å². The topological polar surface area (TPSA) is 71.4 Å². The lowest BCUT2D eigenvalue weighted by molar-refractivity contribution is 0.0697. The smallest absolute Gasteiger partial charge is 0.337 e. The molecule has 4 nitrogen and oxygen atoms in total. The van der Waals surface area contributed by atoms with Crippen molar-refractivity contribution in [1.29, 1.82) is 0 Å². The summed E-state index contributed by atoms with van der Waals surface area (Å²) in [5.41, 5.74) is -0.569. The van der Waals surface area contributed by atoms with Gasteiger partial charge in [0.05, 0.1) is 15.6 Å². The lowest BCUT2D eigenvalue weighted by Crippen LogP contribution is -2.01. The van der Waals surface area contributed by atoms with Gasteiger partial charge < -0.3 is 5.11 Å². The molecule has 0 bridgehead atoms. The number of halogens is 3. The molecule has 0 aliphatic rings. The average molecular weight is 273 g/mol. The Morgan fingerprint density at radius 3 is 2.27 bits per heavy atom. The number of carboxylic acid groups (broad SMARTS) is 1. The van der Waals surface area contributed by atoms with Crippen LogP contribution in [0, 0.1) is 0 Å². The number of carboxylic acids is 1. The van der Waals surface area contributed by atoms with Gasteiger partial charge in [0.25, 0.3) is 0 Å². The van der Waals surface area contributed by atoms with Gasteiger partial charge in [0.15, 0.2) is 0 Å². The summed E-state index contributed by atoms with van der Waals surface area (Å²) in [6.45, 7) is 0. The number of benzene rings is 1. The third kappa shape index (κ3) is 2.58. The summed E-state index contributed by atoms with van der Waals surface area (Å²) in [6.07, 6.45) is 0. The zero-order chi connectivity index (χ0) is 11.8. The molecule has 0 radical (unpaired) electrons. The Morgan fingerprint density at radius 2 is 1.87 bits per heavy atom. The quantitative estimate of drug-likeness (QED) is 0.839. The van der Waals surface area contributed by atoms with E-state index in [1.807, 2.05) is 0 Å². The lowest BCUT2D eigenvalue weighted by atomic mass is 10.2. The molecule has 15 heavy (non-hydrogen) atoms. The molecule has 1 N–H and O–H groups in total. The molecule has 0 atom stereocenters. The molecule has 0 saturated carbocycles. The first-order valence-corrected chi connectivity index (χ1v) is 5.54. The van der Waals surface area contributed by atoms with Crippen molar-refractivity contribution in [3.63, 3.8) is 0 Å². The molecular formula is C7H3Cl2FO4S. The van der Waals surface area contributed by atoms with Crippen molar-refractivity contribution in [3.8, 4) is 0 Å². The molecule has 0 saturated heterocycles.